The molecule has 2 rings (SSSR count). The fourth-order valence-electron chi connectivity index (χ4n) is 0.786. The topological polar surface area (TPSA) is 0 Å². The van der Waals surface area contributed by atoms with Crippen LogP contribution in [-0.4, -0.2) is 0 Å². The van der Waals surface area contributed by atoms with Gasteiger partial charge in [0.2, 0.25) is 0 Å². The monoisotopic (exact) mass is 253 g/mol. The minimum atomic E-state index is -0.368. The van der Waals surface area contributed by atoms with Gasteiger partial charge in [-0.1, -0.05) is 48.6 Å². The van der Waals surface area contributed by atoms with E-state index >= 15 is 0 Å². The number of allylic oxidation sites excluding steroid dienone is 8. The SMILES string of the molecule is C1=CCC=C1.C1=CCC=C1.[Cl][V][Cl]. The van der Waals surface area contributed by atoms with Gasteiger partial charge in [-0.2, -0.15) is 0 Å². The van der Waals surface area contributed by atoms with Crippen molar-refractivity contribution in [2.75, 3.05) is 0 Å². The Labute approximate surface area is 95.3 Å². The molecule has 0 saturated carbocycles. The van der Waals surface area contributed by atoms with Gasteiger partial charge in [0.15, 0.2) is 0 Å². The molecule has 0 unspecified atom stereocenters. The standard InChI is InChI=1S/2C5H6.2ClH.V/c2*1-2-4-5-3-1;;;/h2*1-4H,5H2;2*1H;/q;;;;+2/p-2. The molecule has 2 aliphatic carbocycles. The van der Waals surface area contributed by atoms with Gasteiger partial charge in [0.05, 0.1) is 0 Å². The van der Waals surface area contributed by atoms with E-state index in [1.165, 1.54) is 0 Å². The Kier molecular flexibility index (Phi) is 12.2. The molecule has 0 aromatic carbocycles. The maximum atomic E-state index is 4.86. The van der Waals surface area contributed by atoms with Crippen molar-refractivity contribution in [3.63, 3.8) is 0 Å². The van der Waals surface area contributed by atoms with Crippen LogP contribution in [0.1, 0.15) is 12.8 Å². The van der Waals surface area contributed by atoms with Crippen molar-refractivity contribution in [2.24, 2.45) is 0 Å². The van der Waals surface area contributed by atoms with Crippen molar-refractivity contribution in [1.29, 1.82) is 0 Å². The number of hydrogen-bond donors (Lipinski definition) is 0. The zero-order chi connectivity index (χ0) is 9.78. The fourth-order valence-corrected chi connectivity index (χ4v) is 0.786. The van der Waals surface area contributed by atoms with Crippen LogP contribution in [0.15, 0.2) is 48.6 Å². The first-order valence-electron chi connectivity index (χ1n) is 3.97. The molecule has 3 heteroatoms. The number of hydrogen-bond acceptors (Lipinski definition) is 0. The molecule has 0 heterocycles. The summed E-state index contributed by atoms with van der Waals surface area (Å²) in [6.45, 7) is 0. The van der Waals surface area contributed by atoms with Gasteiger partial charge in [-0.3, -0.25) is 0 Å². The Bertz CT molecular complexity index is 163. The molecule has 0 atom stereocenters. The summed E-state index contributed by atoms with van der Waals surface area (Å²) in [5.74, 6) is 0. The summed E-state index contributed by atoms with van der Waals surface area (Å²) in [6.07, 6.45) is 19.0. The molecule has 0 fully saturated rings. The predicted molar refractivity (Wildman–Crippen MR) is 57.5 cm³/mol. The molecule has 13 heavy (non-hydrogen) atoms. The van der Waals surface area contributed by atoms with E-state index < -0.39 is 0 Å². The van der Waals surface area contributed by atoms with Crippen molar-refractivity contribution in [3.8, 4) is 0 Å². The third kappa shape index (κ3) is 12.1. The molecule has 0 nitrogen and oxygen atoms in total. The molecule has 0 N–H and O–H groups in total. The quantitative estimate of drug-likeness (QED) is 0.601. The molecule has 0 radical (unpaired) electrons. The molecule has 71 valence electrons. The summed E-state index contributed by atoms with van der Waals surface area (Å²) in [6, 6.07) is 0. The van der Waals surface area contributed by atoms with Crippen LogP contribution in [0, 0.1) is 0 Å². The van der Waals surface area contributed by atoms with Crippen LogP contribution < -0.4 is 0 Å². The third-order valence-electron chi connectivity index (χ3n) is 1.31. The Balaban J connectivity index is 0.000000174. The van der Waals surface area contributed by atoms with Crippen LogP contribution in [0.25, 0.3) is 0 Å². The van der Waals surface area contributed by atoms with E-state index in [0.29, 0.717) is 0 Å². The minimum absolute atomic E-state index is 0.368. The van der Waals surface area contributed by atoms with Crippen LogP contribution in [0.3, 0.4) is 0 Å². The van der Waals surface area contributed by atoms with Gasteiger partial charge >= 0.3 is 34.1 Å². The number of rotatable bonds is 0. The average molecular weight is 254 g/mol. The first kappa shape index (κ1) is 13.1. The fraction of sp³-hybridized carbons (Fsp3) is 0.200. The van der Waals surface area contributed by atoms with E-state index in [2.05, 4.69) is 48.6 Å². The first-order valence-corrected chi connectivity index (χ1v) is 7.81. The summed E-state index contributed by atoms with van der Waals surface area (Å²) < 4.78 is 0. The Morgan fingerprint density at radius 1 is 0.692 bits per heavy atom. The van der Waals surface area contributed by atoms with Gasteiger partial charge in [-0.05, 0) is 12.8 Å². The van der Waals surface area contributed by atoms with Gasteiger partial charge in [-0.15, -0.1) is 0 Å². The third-order valence-corrected chi connectivity index (χ3v) is 1.31. The summed E-state index contributed by atoms with van der Waals surface area (Å²) in [5.41, 5.74) is 0. The van der Waals surface area contributed by atoms with E-state index in [-0.39, 0.29) is 14.4 Å². The Morgan fingerprint density at radius 3 is 1.00 bits per heavy atom. The molecule has 0 aromatic heterocycles. The van der Waals surface area contributed by atoms with Crippen LogP contribution in [-0.2, 0) is 14.4 Å². The Morgan fingerprint density at radius 2 is 0.923 bits per heavy atom. The molecule has 0 amide bonds. The van der Waals surface area contributed by atoms with Gasteiger partial charge in [0, 0.05) is 0 Å². The van der Waals surface area contributed by atoms with Crippen LogP contribution in [0.2, 0.25) is 0 Å². The maximum absolute atomic E-state index is 4.86. The van der Waals surface area contributed by atoms with Gasteiger partial charge < -0.3 is 0 Å². The van der Waals surface area contributed by atoms with Crippen LogP contribution in [0.4, 0.5) is 0 Å². The zero-order valence-corrected chi connectivity index (χ0v) is 10.1. The zero-order valence-electron chi connectivity index (χ0n) is 7.24. The van der Waals surface area contributed by atoms with E-state index in [1.54, 1.807) is 0 Å². The summed E-state index contributed by atoms with van der Waals surface area (Å²) in [5, 5.41) is 0. The van der Waals surface area contributed by atoms with E-state index in [9.17, 15) is 0 Å². The van der Waals surface area contributed by atoms with Gasteiger partial charge in [0.1, 0.15) is 0 Å². The molecule has 0 aliphatic heterocycles. The van der Waals surface area contributed by atoms with Crippen molar-refractivity contribution in [2.45, 2.75) is 12.8 Å². The Hall–Kier alpha value is 0.124. The van der Waals surface area contributed by atoms with Gasteiger partial charge in [0.25, 0.3) is 0 Å². The van der Waals surface area contributed by atoms with Crippen molar-refractivity contribution in [3.05, 3.63) is 48.6 Å². The summed E-state index contributed by atoms with van der Waals surface area (Å²) in [4.78, 5) is 0. The van der Waals surface area contributed by atoms with E-state index in [4.69, 9.17) is 19.7 Å². The summed E-state index contributed by atoms with van der Waals surface area (Å²) in [7, 11) is 9.72. The molecular weight excluding hydrogens is 242 g/mol. The van der Waals surface area contributed by atoms with Gasteiger partial charge in [-0.25, -0.2) is 0 Å². The number of halogens is 2. The van der Waals surface area contributed by atoms with E-state index in [1.807, 2.05) is 0 Å². The molecule has 2 aliphatic rings. The average Bonchev–Trinajstić information content (AvgIpc) is 2.85. The van der Waals surface area contributed by atoms with E-state index in [0.717, 1.165) is 12.8 Å². The van der Waals surface area contributed by atoms with Crippen LogP contribution >= 0.6 is 19.7 Å². The second-order valence-corrected chi connectivity index (χ2v) is 4.55. The second kappa shape index (κ2) is 12.1. The first-order chi connectivity index (χ1) is 6.41. The van der Waals surface area contributed by atoms with Crippen molar-refractivity contribution >= 4 is 19.7 Å². The molecule has 0 bridgehead atoms. The molecular formula is C10H12Cl2V. The molecule has 0 saturated heterocycles. The summed E-state index contributed by atoms with van der Waals surface area (Å²) >= 11 is -0.368. The second-order valence-electron chi connectivity index (χ2n) is 2.25. The van der Waals surface area contributed by atoms with Crippen LogP contribution in [0.5, 0.6) is 0 Å². The predicted octanol–water partition coefficient (Wildman–Crippen LogP) is 4.38. The normalized spacial score (nSPS) is 14.6. The molecule has 0 aromatic rings. The molecule has 0 spiro atoms. The van der Waals surface area contributed by atoms with Crippen molar-refractivity contribution in [1.82, 2.24) is 0 Å². The van der Waals surface area contributed by atoms with Crippen molar-refractivity contribution < 1.29 is 14.4 Å².